The van der Waals surface area contributed by atoms with Gasteiger partial charge in [-0.25, -0.2) is 17.7 Å². The molecule has 1 amide bonds. The first kappa shape index (κ1) is 32.2. The van der Waals surface area contributed by atoms with Crippen molar-refractivity contribution in [1.82, 2.24) is 14.2 Å². The van der Waals surface area contributed by atoms with Crippen molar-refractivity contribution in [3.05, 3.63) is 99.2 Å². The van der Waals surface area contributed by atoms with Gasteiger partial charge >= 0.3 is 0 Å². The second-order valence-corrected chi connectivity index (χ2v) is 13.9. The fraction of sp³-hybridized carbons (Fsp3) is 0.312. The number of halogens is 2. The molecule has 12 heteroatoms. The number of H-pyrrole nitrogens is 1. The van der Waals surface area contributed by atoms with Gasteiger partial charge < -0.3 is 20.3 Å². The van der Waals surface area contributed by atoms with Crippen molar-refractivity contribution in [2.75, 3.05) is 39.0 Å². The fourth-order valence-corrected chi connectivity index (χ4v) is 7.27. The molecule has 3 aromatic carbocycles. The highest BCUT2D eigenvalue weighted by molar-refractivity contribution is 7.88. The highest BCUT2D eigenvalue weighted by Crippen LogP contribution is 2.29. The van der Waals surface area contributed by atoms with E-state index < -0.39 is 22.2 Å². The number of likely N-dealkylation sites (N-methyl/N-ethyl adjacent to an activating group) is 1. The van der Waals surface area contributed by atoms with Gasteiger partial charge in [0.2, 0.25) is 16.3 Å². The number of aliphatic imine (C=N–C) groups is 1. The monoisotopic (exact) mass is 655 g/mol. The summed E-state index contributed by atoms with van der Waals surface area (Å²) in [5, 5.41) is 14.6. The average Bonchev–Trinajstić information content (AvgIpc) is 3.65. The minimum absolute atomic E-state index is 0.0985. The first-order valence-electron chi connectivity index (χ1n) is 14.3. The highest BCUT2D eigenvalue weighted by atomic mass is 35.5. The zero-order valence-electron chi connectivity index (χ0n) is 24.6. The third-order valence-electron chi connectivity index (χ3n) is 7.58. The number of benzodiazepines with no additional fused rings is 1. The SMILES string of the molecule is CN(C)CCc1c[nH]c2ccc(CS(=O)(=O)N3CCCC3)cc12.O=C1Nc2ccc(Cl)cc2C(c2ccccc2Cl)=NC1O. The van der Waals surface area contributed by atoms with E-state index in [1.54, 1.807) is 46.8 Å². The molecule has 0 spiro atoms. The van der Waals surface area contributed by atoms with Gasteiger partial charge in [0.1, 0.15) is 0 Å². The first-order valence-corrected chi connectivity index (χ1v) is 16.7. The summed E-state index contributed by atoms with van der Waals surface area (Å²) in [6, 6.07) is 18.0. The Morgan fingerprint density at radius 3 is 2.50 bits per heavy atom. The summed E-state index contributed by atoms with van der Waals surface area (Å²) < 4.78 is 26.6. The van der Waals surface area contributed by atoms with E-state index in [9.17, 15) is 18.3 Å². The van der Waals surface area contributed by atoms with Crippen molar-refractivity contribution >= 4 is 61.4 Å². The van der Waals surface area contributed by atoms with Gasteiger partial charge in [-0.05, 0) is 80.9 Å². The number of benzene rings is 3. The molecule has 0 bridgehead atoms. The number of carbonyl (C=O) groups is 1. The second-order valence-electron chi connectivity index (χ2n) is 11.1. The molecular formula is C32H35Cl2N5O4S. The Morgan fingerprint density at radius 1 is 1.02 bits per heavy atom. The third kappa shape index (κ3) is 7.51. The lowest BCUT2D eigenvalue weighted by Crippen LogP contribution is -2.29. The molecule has 2 aliphatic rings. The molecular weight excluding hydrogens is 621 g/mol. The van der Waals surface area contributed by atoms with Crippen molar-refractivity contribution in [3.63, 3.8) is 0 Å². The van der Waals surface area contributed by atoms with Gasteiger partial charge in [0.05, 0.1) is 17.2 Å². The number of aromatic amines is 1. The summed E-state index contributed by atoms with van der Waals surface area (Å²) >= 11 is 12.2. The molecule has 44 heavy (non-hydrogen) atoms. The standard InChI is InChI=1S/C17H25N3O2S.C15H10Cl2N2O2/c1-19(2)10-7-15-12-18-17-6-5-14(11-16(15)17)13-23(21,22)20-8-3-4-9-20;16-8-5-6-12-10(7-8)13(19-15(21)14(20)18-12)9-3-1-2-4-11(9)17/h5-6,11-12,18H,3-4,7-10,13H2,1-2H3;1-7,15,21H,(H,18,20). The summed E-state index contributed by atoms with van der Waals surface area (Å²) in [5.41, 5.74) is 5.37. The molecule has 1 fully saturated rings. The number of sulfonamides is 1. The molecule has 1 unspecified atom stereocenters. The van der Waals surface area contributed by atoms with E-state index >= 15 is 0 Å². The number of fused-ring (bicyclic) bond motifs is 2. The maximum absolute atomic E-state index is 12.5. The van der Waals surface area contributed by atoms with E-state index in [2.05, 4.69) is 34.3 Å². The quantitative estimate of drug-likeness (QED) is 0.250. The Morgan fingerprint density at radius 2 is 1.77 bits per heavy atom. The number of rotatable bonds is 7. The molecule has 2 aliphatic heterocycles. The first-order chi connectivity index (χ1) is 21.0. The molecule has 232 valence electrons. The van der Waals surface area contributed by atoms with Crippen LogP contribution in [0.15, 0.2) is 71.9 Å². The van der Waals surface area contributed by atoms with E-state index in [0.29, 0.717) is 45.7 Å². The number of carbonyl (C=O) groups excluding carboxylic acids is 1. The molecule has 1 aromatic heterocycles. The van der Waals surface area contributed by atoms with Crippen LogP contribution >= 0.6 is 23.2 Å². The number of hydrogen-bond acceptors (Lipinski definition) is 6. The smallest absolute Gasteiger partial charge is 0.276 e. The molecule has 9 nitrogen and oxygen atoms in total. The molecule has 3 N–H and O–H groups in total. The number of amides is 1. The van der Waals surface area contributed by atoms with Crippen LogP contribution in [0.25, 0.3) is 10.9 Å². The number of aliphatic hydroxyl groups excluding tert-OH is 1. The van der Waals surface area contributed by atoms with Gasteiger partial charge in [0.15, 0.2) is 0 Å². The topological polar surface area (TPSA) is 118 Å². The minimum Gasteiger partial charge on any atom is -0.364 e. The summed E-state index contributed by atoms with van der Waals surface area (Å²) in [6.07, 6.45) is 3.44. The Bertz CT molecular complexity index is 1800. The molecule has 0 radical (unpaired) electrons. The molecule has 6 rings (SSSR count). The predicted molar refractivity (Wildman–Crippen MR) is 177 cm³/mol. The van der Waals surface area contributed by atoms with Crippen molar-refractivity contribution in [3.8, 4) is 0 Å². The van der Waals surface area contributed by atoms with Crippen molar-refractivity contribution in [2.24, 2.45) is 4.99 Å². The minimum atomic E-state index is -3.19. The number of nitrogens with one attached hydrogen (secondary N) is 2. The summed E-state index contributed by atoms with van der Waals surface area (Å²) in [5.74, 6) is -0.498. The van der Waals surface area contributed by atoms with Gasteiger partial charge in [0, 0.05) is 57.9 Å². The van der Waals surface area contributed by atoms with Crippen LogP contribution in [0, 0.1) is 0 Å². The average molecular weight is 657 g/mol. The highest BCUT2D eigenvalue weighted by Gasteiger charge is 2.26. The summed E-state index contributed by atoms with van der Waals surface area (Å²) in [6.45, 7) is 2.31. The van der Waals surface area contributed by atoms with Crippen LogP contribution in [-0.4, -0.2) is 79.3 Å². The predicted octanol–water partition coefficient (Wildman–Crippen LogP) is 5.30. The summed E-state index contributed by atoms with van der Waals surface area (Å²) in [4.78, 5) is 21.3. The van der Waals surface area contributed by atoms with E-state index in [1.807, 2.05) is 24.4 Å². The van der Waals surface area contributed by atoms with Crippen LogP contribution in [0.4, 0.5) is 5.69 Å². The van der Waals surface area contributed by atoms with Crippen molar-refractivity contribution < 1.29 is 18.3 Å². The van der Waals surface area contributed by atoms with Crippen molar-refractivity contribution in [2.45, 2.75) is 31.2 Å². The number of anilines is 1. The van der Waals surface area contributed by atoms with Crippen LogP contribution in [0.3, 0.4) is 0 Å². The molecule has 1 saturated heterocycles. The Labute approximate surface area is 267 Å². The number of nitrogens with zero attached hydrogens (tertiary/aromatic N) is 3. The van der Waals surface area contributed by atoms with Crippen molar-refractivity contribution in [1.29, 1.82) is 0 Å². The zero-order valence-corrected chi connectivity index (χ0v) is 26.9. The zero-order chi connectivity index (χ0) is 31.4. The number of aromatic nitrogens is 1. The number of hydrogen-bond donors (Lipinski definition) is 3. The van der Waals surface area contributed by atoms with Crippen LogP contribution in [0.2, 0.25) is 10.0 Å². The lowest BCUT2D eigenvalue weighted by Gasteiger charge is -2.15. The van der Waals surface area contributed by atoms with Gasteiger partial charge in [-0.3, -0.25) is 4.79 Å². The maximum Gasteiger partial charge on any atom is 0.276 e. The van der Waals surface area contributed by atoms with Gasteiger partial charge in [-0.1, -0.05) is 47.5 Å². The van der Waals surface area contributed by atoms with Gasteiger partial charge in [-0.2, -0.15) is 0 Å². The van der Waals surface area contributed by atoms with Crippen LogP contribution in [0.5, 0.6) is 0 Å². The van der Waals surface area contributed by atoms with Crippen LogP contribution in [0.1, 0.15) is 35.1 Å². The molecule has 0 saturated carbocycles. The Balaban J connectivity index is 0.000000175. The second kappa shape index (κ2) is 13.8. The van der Waals surface area contributed by atoms with E-state index in [0.717, 1.165) is 42.3 Å². The lowest BCUT2D eigenvalue weighted by molar-refractivity contribution is -0.123. The molecule has 3 heterocycles. The number of aliphatic hydroxyl groups is 1. The molecule has 4 aromatic rings. The largest absolute Gasteiger partial charge is 0.364 e. The Kier molecular flexibility index (Phi) is 10.1. The molecule has 0 aliphatic carbocycles. The van der Waals surface area contributed by atoms with E-state index in [4.69, 9.17) is 23.2 Å². The Hall–Kier alpha value is -3.25. The third-order valence-corrected chi connectivity index (χ3v) is 9.99. The van der Waals surface area contributed by atoms with E-state index in [1.165, 1.54) is 5.56 Å². The fourth-order valence-electron chi connectivity index (χ4n) is 5.27. The lowest BCUT2D eigenvalue weighted by atomic mass is 10.0. The van der Waals surface area contributed by atoms with Crippen LogP contribution < -0.4 is 5.32 Å². The summed E-state index contributed by atoms with van der Waals surface area (Å²) in [7, 11) is 0.928. The van der Waals surface area contributed by atoms with Gasteiger partial charge in [0.25, 0.3) is 5.91 Å². The van der Waals surface area contributed by atoms with Gasteiger partial charge in [-0.15, -0.1) is 0 Å². The molecule has 1 atom stereocenters. The van der Waals surface area contributed by atoms with E-state index in [-0.39, 0.29) is 5.75 Å². The van der Waals surface area contributed by atoms with Crippen LogP contribution in [-0.2, 0) is 27.0 Å². The normalized spacial score (nSPS) is 17.1. The maximum atomic E-state index is 12.5.